The topological polar surface area (TPSA) is 81.1 Å². The average Bonchev–Trinajstić information content (AvgIpc) is 2.81. The van der Waals surface area contributed by atoms with E-state index in [9.17, 15) is 9.59 Å². The molecule has 0 bridgehead atoms. The normalized spacial score (nSPS) is 18.2. The van der Waals surface area contributed by atoms with Crippen LogP contribution in [0.25, 0.3) is 0 Å². The van der Waals surface area contributed by atoms with E-state index in [0.717, 1.165) is 26.1 Å². The lowest BCUT2D eigenvalue weighted by atomic mass is 9.96. The van der Waals surface area contributed by atoms with Crippen molar-refractivity contribution in [3.05, 3.63) is 77.4 Å². The molecule has 6 nitrogen and oxygen atoms in total. The van der Waals surface area contributed by atoms with Gasteiger partial charge in [-0.3, -0.25) is 0 Å². The van der Waals surface area contributed by atoms with Crippen molar-refractivity contribution in [2.45, 2.75) is 12.5 Å². The molecule has 4 rings (SSSR count). The number of benzene rings is 2. The van der Waals surface area contributed by atoms with E-state index in [0.29, 0.717) is 18.2 Å². The molecule has 146 valence electrons. The van der Waals surface area contributed by atoms with E-state index in [1.54, 1.807) is 0 Å². The Bertz CT molecular complexity index is 878. The van der Waals surface area contributed by atoms with E-state index in [2.05, 4.69) is 65.4 Å². The molecule has 2 aliphatic heterocycles. The van der Waals surface area contributed by atoms with Gasteiger partial charge >= 0.3 is 11.9 Å². The van der Waals surface area contributed by atoms with Gasteiger partial charge in [0, 0.05) is 37.5 Å². The molecular weight excluding hydrogens is 356 g/mol. The first kappa shape index (κ1) is 19.6. The number of carboxylic acids is 2. The third-order valence-electron chi connectivity index (χ3n) is 5.05. The van der Waals surface area contributed by atoms with Gasteiger partial charge in [0.1, 0.15) is 0 Å². The third kappa shape index (κ3) is 4.58. The van der Waals surface area contributed by atoms with Gasteiger partial charge in [-0.2, -0.15) is 0 Å². The SMILES string of the molecule is CN1CCN2c3ccccc3Cc3ccccc3[C@@H]2C1.O=C(O)/C=C\C(=O)O. The van der Waals surface area contributed by atoms with E-state index >= 15 is 0 Å². The first-order valence-corrected chi connectivity index (χ1v) is 9.20. The van der Waals surface area contributed by atoms with Crippen molar-refractivity contribution in [1.29, 1.82) is 0 Å². The molecule has 0 saturated carbocycles. The number of aliphatic carboxylic acids is 2. The predicted octanol–water partition coefficient (Wildman–Crippen LogP) is 2.80. The Morgan fingerprint density at radius 1 is 0.929 bits per heavy atom. The molecule has 6 heteroatoms. The highest BCUT2D eigenvalue weighted by Crippen LogP contribution is 2.38. The Kier molecular flexibility index (Phi) is 6.11. The van der Waals surface area contributed by atoms with Crippen molar-refractivity contribution in [2.24, 2.45) is 0 Å². The smallest absolute Gasteiger partial charge is 0.328 e. The van der Waals surface area contributed by atoms with Crippen molar-refractivity contribution >= 4 is 17.6 Å². The fourth-order valence-electron chi connectivity index (χ4n) is 3.78. The quantitative estimate of drug-likeness (QED) is 0.780. The second kappa shape index (κ2) is 8.71. The molecule has 2 aromatic carbocycles. The lowest BCUT2D eigenvalue weighted by Gasteiger charge is -2.41. The van der Waals surface area contributed by atoms with Crippen LogP contribution >= 0.6 is 0 Å². The van der Waals surface area contributed by atoms with E-state index in [1.165, 1.54) is 22.4 Å². The van der Waals surface area contributed by atoms with Gasteiger partial charge in [0.2, 0.25) is 0 Å². The molecule has 2 heterocycles. The van der Waals surface area contributed by atoms with Crippen LogP contribution in [-0.4, -0.2) is 53.7 Å². The van der Waals surface area contributed by atoms with Crippen LogP contribution in [0.3, 0.4) is 0 Å². The number of piperazine rings is 1. The molecule has 0 unspecified atom stereocenters. The number of hydrogen-bond acceptors (Lipinski definition) is 4. The van der Waals surface area contributed by atoms with Crippen LogP contribution in [0.1, 0.15) is 22.7 Å². The Hall–Kier alpha value is -3.12. The van der Waals surface area contributed by atoms with Gasteiger partial charge in [0.15, 0.2) is 0 Å². The molecule has 1 saturated heterocycles. The van der Waals surface area contributed by atoms with Gasteiger partial charge in [0.05, 0.1) is 6.04 Å². The summed E-state index contributed by atoms with van der Waals surface area (Å²) in [5, 5.41) is 15.6. The number of rotatable bonds is 2. The monoisotopic (exact) mass is 380 g/mol. The van der Waals surface area contributed by atoms with Crippen molar-refractivity contribution in [3.63, 3.8) is 0 Å². The van der Waals surface area contributed by atoms with Crippen LogP contribution in [0, 0.1) is 0 Å². The largest absolute Gasteiger partial charge is 0.478 e. The summed E-state index contributed by atoms with van der Waals surface area (Å²) in [4.78, 5) is 24.2. The number of carboxylic acid groups (broad SMARTS) is 2. The number of likely N-dealkylation sites (N-methyl/N-ethyl adjacent to an activating group) is 1. The summed E-state index contributed by atoms with van der Waals surface area (Å²) in [5.41, 5.74) is 5.90. The van der Waals surface area contributed by atoms with Gasteiger partial charge in [-0.15, -0.1) is 0 Å². The summed E-state index contributed by atoms with van der Waals surface area (Å²) in [7, 11) is 2.23. The molecule has 28 heavy (non-hydrogen) atoms. The van der Waals surface area contributed by atoms with Gasteiger partial charge in [-0.25, -0.2) is 9.59 Å². The van der Waals surface area contributed by atoms with Crippen LogP contribution in [0.15, 0.2) is 60.7 Å². The Morgan fingerprint density at radius 2 is 1.54 bits per heavy atom. The summed E-state index contributed by atoms with van der Waals surface area (Å²) in [6.45, 7) is 3.38. The number of nitrogens with zero attached hydrogens (tertiary/aromatic N) is 2. The van der Waals surface area contributed by atoms with Crippen LogP contribution in [0.2, 0.25) is 0 Å². The second-order valence-corrected chi connectivity index (χ2v) is 6.99. The molecule has 2 N–H and O–H groups in total. The Morgan fingerprint density at radius 3 is 2.21 bits per heavy atom. The summed E-state index contributed by atoms with van der Waals surface area (Å²) >= 11 is 0. The summed E-state index contributed by atoms with van der Waals surface area (Å²) in [6, 6.07) is 18.4. The van der Waals surface area contributed by atoms with Gasteiger partial charge in [-0.05, 0) is 36.2 Å². The number of para-hydroxylation sites is 1. The van der Waals surface area contributed by atoms with Crippen LogP contribution in [0.4, 0.5) is 5.69 Å². The summed E-state index contributed by atoms with van der Waals surface area (Å²) < 4.78 is 0. The molecule has 2 aromatic rings. The van der Waals surface area contributed by atoms with E-state index in [1.807, 2.05) is 0 Å². The molecule has 0 spiro atoms. The van der Waals surface area contributed by atoms with E-state index < -0.39 is 11.9 Å². The standard InChI is InChI=1S/C18H20N2.C4H4O4/c1-19-10-11-20-17-9-5-3-7-15(17)12-14-6-2-4-8-16(14)18(20)13-19;5-3(6)1-2-4(7)8/h2-9,18H,10-13H2,1H3;1-2H,(H,5,6)(H,7,8)/b;2-1-/t18-;/m0./s1. The van der Waals surface area contributed by atoms with Crippen molar-refractivity contribution in [1.82, 2.24) is 4.90 Å². The maximum atomic E-state index is 9.55. The lowest BCUT2D eigenvalue weighted by molar-refractivity contribution is -0.134. The maximum absolute atomic E-state index is 9.55. The Balaban J connectivity index is 0.000000242. The number of anilines is 1. The zero-order valence-corrected chi connectivity index (χ0v) is 15.8. The number of hydrogen-bond donors (Lipinski definition) is 2. The highest BCUT2D eigenvalue weighted by molar-refractivity contribution is 5.89. The fourth-order valence-corrected chi connectivity index (χ4v) is 3.78. The van der Waals surface area contributed by atoms with Gasteiger partial charge in [0.25, 0.3) is 0 Å². The van der Waals surface area contributed by atoms with E-state index in [4.69, 9.17) is 10.2 Å². The molecule has 2 aliphatic rings. The fraction of sp³-hybridized carbons (Fsp3) is 0.273. The minimum absolute atomic E-state index is 0.494. The minimum atomic E-state index is -1.26. The third-order valence-corrected chi connectivity index (χ3v) is 5.05. The Labute approximate surface area is 164 Å². The second-order valence-electron chi connectivity index (χ2n) is 6.99. The summed E-state index contributed by atoms with van der Waals surface area (Å²) in [6.07, 6.45) is 2.17. The van der Waals surface area contributed by atoms with Crippen molar-refractivity contribution in [3.8, 4) is 0 Å². The lowest BCUT2D eigenvalue weighted by Crippen LogP contribution is -2.46. The van der Waals surface area contributed by atoms with Gasteiger partial charge < -0.3 is 20.0 Å². The highest BCUT2D eigenvalue weighted by atomic mass is 16.4. The zero-order chi connectivity index (χ0) is 20.1. The highest BCUT2D eigenvalue weighted by Gasteiger charge is 2.31. The zero-order valence-electron chi connectivity index (χ0n) is 15.8. The first-order chi connectivity index (χ1) is 13.5. The molecular formula is C22H24N2O4. The van der Waals surface area contributed by atoms with Crippen LogP contribution in [0.5, 0.6) is 0 Å². The first-order valence-electron chi connectivity index (χ1n) is 9.20. The van der Waals surface area contributed by atoms with Crippen molar-refractivity contribution < 1.29 is 19.8 Å². The van der Waals surface area contributed by atoms with Crippen LogP contribution in [-0.2, 0) is 16.0 Å². The molecule has 1 atom stereocenters. The minimum Gasteiger partial charge on any atom is -0.478 e. The van der Waals surface area contributed by atoms with Crippen molar-refractivity contribution in [2.75, 3.05) is 31.6 Å². The molecule has 0 aliphatic carbocycles. The molecule has 0 radical (unpaired) electrons. The average molecular weight is 380 g/mol. The van der Waals surface area contributed by atoms with E-state index in [-0.39, 0.29) is 0 Å². The maximum Gasteiger partial charge on any atom is 0.328 e. The molecule has 0 amide bonds. The number of carbonyl (C=O) groups is 2. The van der Waals surface area contributed by atoms with Gasteiger partial charge in [-0.1, -0.05) is 42.5 Å². The van der Waals surface area contributed by atoms with Crippen LogP contribution < -0.4 is 4.90 Å². The molecule has 0 aromatic heterocycles. The molecule has 1 fully saturated rings. The summed E-state index contributed by atoms with van der Waals surface area (Å²) in [5.74, 6) is -2.51. The predicted molar refractivity (Wildman–Crippen MR) is 108 cm³/mol. The number of fused-ring (bicyclic) bond motifs is 5.